The van der Waals surface area contributed by atoms with Gasteiger partial charge in [-0.25, -0.2) is 0 Å². The largest absolute Gasteiger partial charge is 0.0992 e. The zero-order valence-electron chi connectivity index (χ0n) is 10.3. The van der Waals surface area contributed by atoms with Gasteiger partial charge in [-0.15, -0.1) is 0 Å². The summed E-state index contributed by atoms with van der Waals surface area (Å²) < 4.78 is 0. The molecule has 2 fully saturated rings. The standard InChI is InChI=1S/C14H24/c1-8-7-12(9(8)2)14(5,6)13-10(3)11(13)4/h8-9,11-13H,3,7H2,1-2,4-6H3. The van der Waals surface area contributed by atoms with Crippen LogP contribution in [0.4, 0.5) is 0 Å². The fourth-order valence-corrected chi connectivity index (χ4v) is 3.83. The Hall–Kier alpha value is -0.260. The zero-order chi connectivity index (χ0) is 10.7. The summed E-state index contributed by atoms with van der Waals surface area (Å²) in [5.74, 6) is 4.40. The lowest BCUT2D eigenvalue weighted by Gasteiger charge is -2.50. The monoisotopic (exact) mass is 192 g/mol. The van der Waals surface area contributed by atoms with Crippen LogP contribution in [0.1, 0.15) is 41.0 Å². The normalized spacial score (nSPS) is 47.5. The maximum Gasteiger partial charge on any atom is -0.00859 e. The Bertz CT molecular complexity index is 261. The van der Waals surface area contributed by atoms with Gasteiger partial charge in [0, 0.05) is 0 Å². The van der Waals surface area contributed by atoms with Crippen molar-refractivity contribution in [2.45, 2.75) is 41.0 Å². The summed E-state index contributed by atoms with van der Waals surface area (Å²) in [5, 5.41) is 0. The van der Waals surface area contributed by atoms with E-state index < -0.39 is 0 Å². The Kier molecular flexibility index (Phi) is 2.10. The van der Waals surface area contributed by atoms with Crippen LogP contribution in [-0.4, -0.2) is 0 Å². The molecule has 5 unspecified atom stereocenters. The summed E-state index contributed by atoms with van der Waals surface area (Å²) in [4.78, 5) is 0. The maximum absolute atomic E-state index is 4.18. The summed E-state index contributed by atoms with van der Waals surface area (Å²) in [6.07, 6.45) is 1.44. The Morgan fingerprint density at radius 2 is 1.71 bits per heavy atom. The summed E-state index contributed by atoms with van der Waals surface area (Å²) in [7, 11) is 0. The predicted octanol–water partition coefficient (Wildman–Crippen LogP) is 4.13. The minimum atomic E-state index is 0.502. The maximum atomic E-state index is 4.18. The summed E-state index contributed by atoms with van der Waals surface area (Å²) in [5.41, 5.74) is 2.00. The van der Waals surface area contributed by atoms with Gasteiger partial charge in [-0.1, -0.05) is 46.8 Å². The topological polar surface area (TPSA) is 0 Å². The van der Waals surface area contributed by atoms with Crippen molar-refractivity contribution in [3.05, 3.63) is 12.2 Å². The van der Waals surface area contributed by atoms with E-state index >= 15 is 0 Å². The molecular weight excluding hydrogens is 168 g/mol. The van der Waals surface area contributed by atoms with Crippen molar-refractivity contribution in [3.63, 3.8) is 0 Å². The third kappa shape index (κ3) is 1.19. The first-order chi connectivity index (χ1) is 6.37. The molecule has 2 aliphatic rings. The van der Waals surface area contributed by atoms with Gasteiger partial charge < -0.3 is 0 Å². The molecule has 80 valence electrons. The molecule has 2 aliphatic carbocycles. The molecule has 2 rings (SSSR count). The summed E-state index contributed by atoms with van der Waals surface area (Å²) in [6.45, 7) is 16.2. The summed E-state index contributed by atoms with van der Waals surface area (Å²) in [6, 6.07) is 0. The average Bonchev–Trinajstić information content (AvgIpc) is 2.70. The van der Waals surface area contributed by atoms with Crippen molar-refractivity contribution < 1.29 is 0 Å². The smallest absolute Gasteiger partial charge is 0.00859 e. The lowest BCUT2D eigenvalue weighted by atomic mass is 9.55. The molecule has 0 aromatic heterocycles. The third-order valence-electron chi connectivity index (χ3n) is 5.29. The lowest BCUT2D eigenvalue weighted by Crippen LogP contribution is -2.43. The van der Waals surface area contributed by atoms with Crippen LogP contribution >= 0.6 is 0 Å². The van der Waals surface area contributed by atoms with Gasteiger partial charge >= 0.3 is 0 Å². The molecule has 5 atom stereocenters. The molecule has 0 nitrogen and oxygen atoms in total. The molecule has 0 heterocycles. The molecule has 0 aromatic carbocycles. The van der Waals surface area contributed by atoms with Gasteiger partial charge in [0.25, 0.3) is 0 Å². The van der Waals surface area contributed by atoms with Crippen LogP contribution in [0.3, 0.4) is 0 Å². The van der Waals surface area contributed by atoms with Crippen molar-refractivity contribution >= 4 is 0 Å². The molecule has 0 heteroatoms. The van der Waals surface area contributed by atoms with Gasteiger partial charge in [0.2, 0.25) is 0 Å². The van der Waals surface area contributed by atoms with E-state index in [1.807, 2.05) is 0 Å². The van der Waals surface area contributed by atoms with Crippen LogP contribution in [0.25, 0.3) is 0 Å². The van der Waals surface area contributed by atoms with Crippen LogP contribution in [0.5, 0.6) is 0 Å². The van der Waals surface area contributed by atoms with E-state index in [0.29, 0.717) is 5.41 Å². The molecule has 0 saturated heterocycles. The Labute approximate surface area is 88.8 Å². The summed E-state index contributed by atoms with van der Waals surface area (Å²) >= 11 is 0. The number of rotatable bonds is 2. The lowest BCUT2D eigenvalue weighted by molar-refractivity contribution is -0.0139. The third-order valence-corrected chi connectivity index (χ3v) is 5.29. The Morgan fingerprint density at radius 3 is 2.00 bits per heavy atom. The number of allylic oxidation sites excluding steroid dienone is 1. The van der Waals surface area contributed by atoms with E-state index in [9.17, 15) is 0 Å². The molecule has 14 heavy (non-hydrogen) atoms. The fraction of sp³-hybridized carbons (Fsp3) is 0.857. The second-order valence-electron chi connectivity index (χ2n) is 6.34. The first kappa shape index (κ1) is 10.3. The van der Waals surface area contributed by atoms with Crippen molar-refractivity contribution in [2.75, 3.05) is 0 Å². The van der Waals surface area contributed by atoms with E-state index in [-0.39, 0.29) is 0 Å². The molecular formula is C14H24. The van der Waals surface area contributed by atoms with Gasteiger partial charge in [0.05, 0.1) is 0 Å². The van der Waals surface area contributed by atoms with Crippen molar-refractivity contribution in [1.82, 2.24) is 0 Å². The SMILES string of the molecule is C=C1C(C)C1C(C)(C)C1CC(C)C1C. The zero-order valence-corrected chi connectivity index (χ0v) is 10.3. The second-order valence-corrected chi connectivity index (χ2v) is 6.34. The minimum Gasteiger partial charge on any atom is -0.0992 e. The Morgan fingerprint density at radius 1 is 1.21 bits per heavy atom. The molecule has 0 radical (unpaired) electrons. The average molecular weight is 192 g/mol. The van der Waals surface area contributed by atoms with Crippen LogP contribution in [-0.2, 0) is 0 Å². The molecule has 2 saturated carbocycles. The van der Waals surface area contributed by atoms with Gasteiger partial charge in [-0.3, -0.25) is 0 Å². The molecule has 0 spiro atoms. The van der Waals surface area contributed by atoms with Crippen LogP contribution < -0.4 is 0 Å². The second kappa shape index (κ2) is 2.87. The predicted molar refractivity (Wildman–Crippen MR) is 62.0 cm³/mol. The van der Waals surface area contributed by atoms with Crippen LogP contribution in [0.15, 0.2) is 12.2 Å². The Balaban J connectivity index is 2.07. The van der Waals surface area contributed by atoms with Crippen molar-refractivity contribution in [1.29, 1.82) is 0 Å². The number of hydrogen-bond acceptors (Lipinski definition) is 0. The highest BCUT2D eigenvalue weighted by Crippen LogP contribution is 2.63. The van der Waals surface area contributed by atoms with Crippen LogP contribution in [0, 0.1) is 35.0 Å². The quantitative estimate of drug-likeness (QED) is 0.577. The molecule has 0 bridgehead atoms. The van der Waals surface area contributed by atoms with Gasteiger partial charge in [-0.05, 0) is 41.4 Å². The highest BCUT2D eigenvalue weighted by Gasteiger charge is 2.55. The fourth-order valence-electron chi connectivity index (χ4n) is 3.83. The van der Waals surface area contributed by atoms with Crippen molar-refractivity contribution in [2.24, 2.45) is 35.0 Å². The molecule has 0 amide bonds. The van der Waals surface area contributed by atoms with Crippen molar-refractivity contribution in [3.8, 4) is 0 Å². The molecule has 0 aliphatic heterocycles. The molecule has 0 N–H and O–H groups in total. The van der Waals surface area contributed by atoms with E-state index in [0.717, 1.165) is 29.6 Å². The number of hydrogen-bond donors (Lipinski definition) is 0. The first-order valence-electron chi connectivity index (χ1n) is 6.06. The van der Waals surface area contributed by atoms with E-state index in [4.69, 9.17) is 0 Å². The van der Waals surface area contributed by atoms with E-state index in [1.54, 1.807) is 0 Å². The van der Waals surface area contributed by atoms with Gasteiger partial charge in [0.1, 0.15) is 0 Å². The van der Waals surface area contributed by atoms with Gasteiger partial charge in [-0.2, -0.15) is 0 Å². The van der Waals surface area contributed by atoms with Crippen LogP contribution in [0.2, 0.25) is 0 Å². The van der Waals surface area contributed by atoms with E-state index in [2.05, 4.69) is 41.2 Å². The van der Waals surface area contributed by atoms with E-state index in [1.165, 1.54) is 12.0 Å². The first-order valence-corrected chi connectivity index (χ1v) is 6.06. The molecule has 0 aromatic rings. The minimum absolute atomic E-state index is 0.502. The highest BCUT2D eigenvalue weighted by molar-refractivity contribution is 5.29. The highest BCUT2D eigenvalue weighted by atomic mass is 14.6. The van der Waals surface area contributed by atoms with Gasteiger partial charge in [0.15, 0.2) is 0 Å².